The molecular formula is C15H24. The van der Waals surface area contributed by atoms with E-state index in [9.17, 15) is 0 Å². The molecule has 0 aliphatic heterocycles. The van der Waals surface area contributed by atoms with Gasteiger partial charge in [-0.05, 0) is 59.3 Å². The summed E-state index contributed by atoms with van der Waals surface area (Å²) in [5.74, 6) is 0. The highest BCUT2D eigenvalue weighted by Gasteiger charge is 1.95. The largest absolute Gasteiger partial charge is 0.0853 e. The lowest BCUT2D eigenvalue weighted by atomic mass is 10.0. The molecule has 0 amide bonds. The van der Waals surface area contributed by atoms with Crippen molar-refractivity contribution in [1.29, 1.82) is 0 Å². The van der Waals surface area contributed by atoms with Crippen molar-refractivity contribution in [3.8, 4) is 0 Å². The van der Waals surface area contributed by atoms with Crippen LogP contribution in [0.4, 0.5) is 0 Å². The van der Waals surface area contributed by atoms with Crippen molar-refractivity contribution < 1.29 is 0 Å². The van der Waals surface area contributed by atoms with Gasteiger partial charge in [-0.1, -0.05) is 34.9 Å². The smallest absolute Gasteiger partial charge is 0.0288 e. The maximum atomic E-state index is 2.40. The van der Waals surface area contributed by atoms with Gasteiger partial charge in [0, 0.05) is 0 Å². The van der Waals surface area contributed by atoms with Crippen molar-refractivity contribution in [2.75, 3.05) is 0 Å². The van der Waals surface area contributed by atoms with Crippen LogP contribution in [0.25, 0.3) is 0 Å². The molecule has 0 saturated carbocycles. The highest BCUT2D eigenvalue weighted by molar-refractivity contribution is 5.08. The Bertz CT molecular complexity index is 229. The monoisotopic (exact) mass is 204 g/mol. The van der Waals surface area contributed by atoms with Gasteiger partial charge in [-0.25, -0.2) is 0 Å². The van der Waals surface area contributed by atoms with E-state index < -0.39 is 0 Å². The van der Waals surface area contributed by atoms with Crippen LogP contribution in [0, 0.1) is 0 Å². The van der Waals surface area contributed by atoms with Gasteiger partial charge >= 0.3 is 0 Å². The second-order valence-electron chi connectivity index (χ2n) is 4.77. The molecule has 0 spiro atoms. The van der Waals surface area contributed by atoms with E-state index in [2.05, 4.69) is 39.0 Å². The third kappa shape index (κ3) is 5.61. The Morgan fingerprint density at radius 1 is 0.600 bits per heavy atom. The predicted molar refractivity (Wildman–Crippen MR) is 69.0 cm³/mol. The van der Waals surface area contributed by atoms with Crippen molar-refractivity contribution in [2.45, 2.75) is 59.3 Å². The lowest BCUT2D eigenvalue weighted by Gasteiger charge is -2.05. The maximum absolute atomic E-state index is 2.40. The molecule has 1 rings (SSSR count). The van der Waals surface area contributed by atoms with Crippen molar-refractivity contribution in [3.63, 3.8) is 0 Å². The zero-order valence-electron chi connectivity index (χ0n) is 10.5. The van der Waals surface area contributed by atoms with Crippen molar-refractivity contribution >= 4 is 0 Å². The van der Waals surface area contributed by atoms with Crippen LogP contribution in [0.1, 0.15) is 59.3 Å². The van der Waals surface area contributed by atoms with Crippen LogP contribution in [0.15, 0.2) is 34.9 Å². The van der Waals surface area contributed by atoms with Crippen LogP contribution in [0.3, 0.4) is 0 Å². The third-order valence-electron chi connectivity index (χ3n) is 3.09. The molecule has 1 aliphatic rings. The summed E-state index contributed by atoms with van der Waals surface area (Å²) in [6, 6.07) is 0. The lowest BCUT2D eigenvalue weighted by Crippen LogP contribution is -1.84. The minimum atomic E-state index is 1.22. The summed E-state index contributed by atoms with van der Waals surface area (Å²) in [5.41, 5.74) is 4.65. The van der Waals surface area contributed by atoms with Crippen LogP contribution >= 0.6 is 0 Å². The summed E-state index contributed by atoms with van der Waals surface area (Å²) in [6.07, 6.45) is 14.6. The molecule has 0 fully saturated rings. The Hall–Kier alpha value is -0.780. The fourth-order valence-electron chi connectivity index (χ4n) is 1.94. The van der Waals surface area contributed by atoms with Gasteiger partial charge in [0.05, 0.1) is 0 Å². The highest BCUT2D eigenvalue weighted by atomic mass is 14.0. The van der Waals surface area contributed by atoms with E-state index in [1.807, 2.05) is 0 Å². The van der Waals surface area contributed by atoms with Gasteiger partial charge in [0.2, 0.25) is 0 Å². The van der Waals surface area contributed by atoms with Crippen LogP contribution in [0.2, 0.25) is 0 Å². The van der Waals surface area contributed by atoms with Gasteiger partial charge < -0.3 is 0 Å². The second-order valence-corrected chi connectivity index (χ2v) is 4.77. The van der Waals surface area contributed by atoms with Gasteiger partial charge in [-0.3, -0.25) is 0 Å². The van der Waals surface area contributed by atoms with E-state index in [0.29, 0.717) is 0 Å². The predicted octanol–water partition coefficient (Wildman–Crippen LogP) is 5.18. The lowest BCUT2D eigenvalue weighted by molar-refractivity contribution is 0.875. The molecule has 0 aromatic rings. The first-order chi connectivity index (χ1) is 7.18. The van der Waals surface area contributed by atoms with Gasteiger partial charge in [0.15, 0.2) is 0 Å². The molecule has 0 saturated heterocycles. The summed E-state index contributed by atoms with van der Waals surface area (Å²) in [5, 5.41) is 0. The first kappa shape index (κ1) is 12.3. The quantitative estimate of drug-likeness (QED) is 0.477. The summed E-state index contributed by atoms with van der Waals surface area (Å²) >= 11 is 0. The van der Waals surface area contributed by atoms with Crippen LogP contribution in [0.5, 0.6) is 0 Å². The van der Waals surface area contributed by atoms with Crippen molar-refractivity contribution in [3.05, 3.63) is 34.9 Å². The standard InChI is InChI=1S/C15H24/c1-13-7-4-9-14(2)11-6-12-15(3)10-5-8-13/h7,10-11H,4-6,8-9,12H2,1-3H3/b13-7+,14-11+,15-10?. The van der Waals surface area contributed by atoms with E-state index in [-0.39, 0.29) is 0 Å². The van der Waals surface area contributed by atoms with E-state index in [1.54, 1.807) is 16.7 Å². The molecule has 0 N–H and O–H groups in total. The van der Waals surface area contributed by atoms with Gasteiger partial charge in [-0.2, -0.15) is 0 Å². The average molecular weight is 204 g/mol. The Labute approximate surface area is 94.8 Å². The Balaban J connectivity index is 2.62. The van der Waals surface area contributed by atoms with Crippen LogP contribution in [-0.4, -0.2) is 0 Å². The maximum Gasteiger partial charge on any atom is -0.0288 e. The van der Waals surface area contributed by atoms with Crippen LogP contribution in [-0.2, 0) is 0 Å². The molecule has 0 aromatic carbocycles. The molecule has 0 unspecified atom stereocenters. The molecular weight excluding hydrogens is 180 g/mol. The molecule has 0 bridgehead atoms. The summed E-state index contributed by atoms with van der Waals surface area (Å²) in [7, 11) is 0. The molecule has 0 aromatic heterocycles. The molecule has 84 valence electrons. The van der Waals surface area contributed by atoms with Gasteiger partial charge in [0.25, 0.3) is 0 Å². The minimum Gasteiger partial charge on any atom is -0.0853 e. The number of hydrogen-bond donors (Lipinski definition) is 0. The molecule has 0 heteroatoms. The van der Waals surface area contributed by atoms with E-state index in [4.69, 9.17) is 0 Å². The van der Waals surface area contributed by atoms with E-state index in [1.165, 1.54) is 38.5 Å². The first-order valence-electron chi connectivity index (χ1n) is 6.15. The molecule has 0 atom stereocenters. The molecule has 0 heterocycles. The number of hydrogen-bond acceptors (Lipinski definition) is 0. The molecule has 0 radical (unpaired) electrons. The fourth-order valence-corrected chi connectivity index (χ4v) is 1.94. The second kappa shape index (κ2) is 6.66. The van der Waals surface area contributed by atoms with Crippen molar-refractivity contribution in [2.24, 2.45) is 0 Å². The molecule has 0 nitrogen and oxygen atoms in total. The Kier molecular flexibility index (Phi) is 5.45. The van der Waals surface area contributed by atoms with Gasteiger partial charge in [0.1, 0.15) is 0 Å². The summed E-state index contributed by atoms with van der Waals surface area (Å²) < 4.78 is 0. The van der Waals surface area contributed by atoms with Gasteiger partial charge in [-0.15, -0.1) is 0 Å². The fraction of sp³-hybridized carbons (Fsp3) is 0.600. The number of rotatable bonds is 0. The molecule has 1 aliphatic carbocycles. The Morgan fingerprint density at radius 3 is 1.13 bits per heavy atom. The first-order valence-corrected chi connectivity index (χ1v) is 6.15. The van der Waals surface area contributed by atoms with E-state index in [0.717, 1.165) is 0 Å². The minimum absolute atomic E-state index is 1.22. The SMILES string of the molecule is CC1=CCC/C(C)=C/CC/C(C)=C/CC1. The summed E-state index contributed by atoms with van der Waals surface area (Å²) in [4.78, 5) is 0. The summed E-state index contributed by atoms with van der Waals surface area (Å²) in [6.45, 7) is 6.77. The van der Waals surface area contributed by atoms with E-state index >= 15 is 0 Å². The average Bonchev–Trinajstić information content (AvgIpc) is 2.16. The number of allylic oxidation sites excluding steroid dienone is 6. The normalized spacial score (nSPS) is 27.5. The topological polar surface area (TPSA) is 0 Å². The third-order valence-corrected chi connectivity index (χ3v) is 3.09. The molecule has 15 heavy (non-hydrogen) atoms. The van der Waals surface area contributed by atoms with Crippen molar-refractivity contribution in [1.82, 2.24) is 0 Å². The Morgan fingerprint density at radius 2 is 0.867 bits per heavy atom. The highest BCUT2D eigenvalue weighted by Crippen LogP contribution is 2.15. The zero-order valence-corrected chi connectivity index (χ0v) is 10.5. The zero-order chi connectivity index (χ0) is 11.1. The van der Waals surface area contributed by atoms with Crippen LogP contribution < -0.4 is 0 Å².